The summed E-state index contributed by atoms with van der Waals surface area (Å²) in [6.07, 6.45) is 0. The van der Waals surface area contributed by atoms with Gasteiger partial charge in [0.2, 0.25) is 0 Å². The maximum absolute atomic E-state index is 11.7. The van der Waals surface area contributed by atoms with Crippen LogP contribution in [0, 0.1) is 13.8 Å². The van der Waals surface area contributed by atoms with Crippen molar-refractivity contribution < 1.29 is 9.53 Å². The molecule has 0 bridgehead atoms. The number of aryl methyl sites for hydroxylation is 2. The topological polar surface area (TPSA) is 39.2 Å². The number of thiazole rings is 1. The van der Waals surface area contributed by atoms with Gasteiger partial charge in [0.25, 0.3) is 0 Å². The van der Waals surface area contributed by atoms with E-state index < -0.39 is 0 Å². The van der Waals surface area contributed by atoms with Crippen LogP contribution >= 0.6 is 22.9 Å². The molecule has 0 spiro atoms. The molecule has 0 fully saturated rings. The van der Waals surface area contributed by atoms with Gasteiger partial charge < -0.3 is 4.74 Å². The molecule has 0 atom stereocenters. The molecule has 100 valence electrons. The Balaban J connectivity index is 2.38. The summed E-state index contributed by atoms with van der Waals surface area (Å²) in [6.45, 7) is 5.94. The van der Waals surface area contributed by atoms with E-state index in [1.54, 1.807) is 6.92 Å². The lowest BCUT2D eigenvalue weighted by molar-refractivity contribution is 0.0519. The summed E-state index contributed by atoms with van der Waals surface area (Å²) < 4.78 is 4.98. The number of carbonyl (C=O) groups is 1. The number of hydrogen-bond acceptors (Lipinski definition) is 4. The molecule has 3 nitrogen and oxygen atoms in total. The van der Waals surface area contributed by atoms with Gasteiger partial charge in [0.1, 0.15) is 5.01 Å². The molecule has 2 rings (SSSR count). The highest BCUT2D eigenvalue weighted by atomic mass is 35.5. The molecular formula is C14H14ClNO2S. The SMILES string of the molecule is CCOC(=O)c1nc(-c2ccc(C)c(Cl)c2)sc1C. The average Bonchev–Trinajstić information content (AvgIpc) is 2.75. The van der Waals surface area contributed by atoms with Crippen LogP contribution in [0.3, 0.4) is 0 Å². The Morgan fingerprint density at radius 1 is 1.42 bits per heavy atom. The first-order chi connectivity index (χ1) is 9.02. The van der Waals surface area contributed by atoms with E-state index in [4.69, 9.17) is 16.3 Å². The van der Waals surface area contributed by atoms with E-state index in [9.17, 15) is 4.79 Å². The second-order valence-corrected chi connectivity index (χ2v) is 5.72. The third kappa shape index (κ3) is 2.96. The maximum Gasteiger partial charge on any atom is 0.358 e. The van der Waals surface area contributed by atoms with Gasteiger partial charge in [-0.05, 0) is 32.4 Å². The van der Waals surface area contributed by atoms with E-state index in [-0.39, 0.29) is 5.97 Å². The van der Waals surface area contributed by atoms with Crippen molar-refractivity contribution in [3.8, 4) is 10.6 Å². The van der Waals surface area contributed by atoms with Crippen molar-refractivity contribution in [3.63, 3.8) is 0 Å². The van der Waals surface area contributed by atoms with Crippen LogP contribution in [-0.4, -0.2) is 17.6 Å². The number of carbonyl (C=O) groups excluding carboxylic acids is 1. The molecule has 2 aromatic rings. The van der Waals surface area contributed by atoms with Crippen LogP contribution in [-0.2, 0) is 4.74 Å². The number of halogens is 1. The van der Waals surface area contributed by atoms with Crippen LogP contribution < -0.4 is 0 Å². The number of hydrogen-bond donors (Lipinski definition) is 0. The summed E-state index contributed by atoms with van der Waals surface area (Å²) in [6, 6.07) is 5.76. The van der Waals surface area contributed by atoms with E-state index >= 15 is 0 Å². The van der Waals surface area contributed by atoms with Gasteiger partial charge in [-0.2, -0.15) is 0 Å². The van der Waals surface area contributed by atoms with Crippen LogP contribution in [0.4, 0.5) is 0 Å². The predicted molar refractivity (Wildman–Crippen MR) is 78.0 cm³/mol. The van der Waals surface area contributed by atoms with Crippen molar-refractivity contribution in [2.45, 2.75) is 20.8 Å². The minimum Gasteiger partial charge on any atom is -0.461 e. The lowest BCUT2D eigenvalue weighted by Crippen LogP contribution is -2.06. The molecule has 5 heteroatoms. The fraction of sp³-hybridized carbons (Fsp3) is 0.286. The van der Waals surface area contributed by atoms with Gasteiger partial charge in [-0.1, -0.05) is 23.7 Å². The van der Waals surface area contributed by atoms with Crippen LogP contribution in [0.15, 0.2) is 18.2 Å². The van der Waals surface area contributed by atoms with Gasteiger partial charge in [-0.3, -0.25) is 0 Å². The largest absolute Gasteiger partial charge is 0.461 e. The molecule has 0 saturated heterocycles. The first-order valence-corrected chi connectivity index (χ1v) is 7.13. The highest BCUT2D eigenvalue weighted by molar-refractivity contribution is 7.15. The van der Waals surface area contributed by atoms with Crippen LogP contribution in [0.25, 0.3) is 10.6 Å². The Morgan fingerprint density at radius 2 is 2.16 bits per heavy atom. The number of nitrogens with zero attached hydrogens (tertiary/aromatic N) is 1. The molecular weight excluding hydrogens is 282 g/mol. The normalized spacial score (nSPS) is 10.5. The van der Waals surface area contributed by atoms with Crippen molar-refractivity contribution in [2.24, 2.45) is 0 Å². The Kier molecular flexibility index (Phi) is 4.22. The first kappa shape index (κ1) is 14.0. The standard InChI is InChI=1S/C14H14ClNO2S/c1-4-18-14(17)12-9(3)19-13(16-12)10-6-5-8(2)11(15)7-10/h5-7H,4H2,1-3H3. The van der Waals surface area contributed by atoms with E-state index in [1.807, 2.05) is 32.0 Å². The summed E-state index contributed by atoms with van der Waals surface area (Å²) in [5.41, 5.74) is 2.32. The van der Waals surface area contributed by atoms with Gasteiger partial charge in [0.05, 0.1) is 6.61 Å². The molecule has 0 aliphatic rings. The third-order valence-corrected chi connectivity index (χ3v) is 4.11. The number of ether oxygens (including phenoxy) is 1. The molecule has 0 amide bonds. The highest BCUT2D eigenvalue weighted by Crippen LogP contribution is 2.30. The van der Waals surface area contributed by atoms with Crippen molar-refractivity contribution >= 4 is 28.9 Å². The Morgan fingerprint density at radius 3 is 2.79 bits per heavy atom. The van der Waals surface area contributed by atoms with Crippen LogP contribution in [0.5, 0.6) is 0 Å². The van der Waals surface area contributed by atoms with Crippen molar-refractivity contribution in [1.29, 1.82) is 0 Å². The molecule has 0 aliphatic heterocycles. The summed E-state index contributed by atoms with van der Waals surface area (Å²) in [5.74, 6) is -0.374. The second kappa shape index (κ2) is 5.72. The van der Waals surface area contributed by atoms with E-state index in [0.29, 0.717) is 17.3 Å². The molecule has 0 unspecified atom stereocenters. The first-order valence-electron chi connectivity index (χ1n) is 5.94. The van der Waals surface area contributed by atoms with Crippen molar-refractivity contribution in [1.82, 2.24) is 4.98 Å². The Hall–Kier alpha value is -1.39. The number of rotatable bonds is 3. The lowest BCUT2D eigenvalue weighted by Gasteiger charge is -2.00. The molecule has 19 heavy (non-hydrogen) atoms. The smallest absolute Gasteiger partial charge is 0.358 e. The molecule has 0 saturated carbocycles. The van der Waals surface area contributed by atoms with Gasteiger partial charge in [-0.15, -0.1) is 11.3 Å². The summed E-state index contributed by atoms with van der Waals surface area (Å²) in [4.78, 5) is 16.9. The fourth-order valence-electron chi connectivity index (χ4n) is 1.63. The fourth-order valence-corrected chi connectivity index (χ4v) is 2.71. The zero-order valence-electron chi connectivity index (χ0n) is 11.0. The highest BCUT2D eigenvalue weighted by Gasteiger charge is 2.17. The quantitative estimate of drug-likeness (QED) is 0.794. The lowest BCUT2D eigenvalue weighted by atomic mass is 10.1. The number of benzene rings is 1. The molecule has 0 aliphatic carbocycles. The van der Waals surface area contributed by atoms with Gasteiger partial charge in [0.15, 0.2) is 5.69 Å². The molecule has 1 heterocycles. The summed E-state index contributed by atoms with van der Waals surface area (Å²) >= 11 is 7.57. The van der Waals surface area contributed by atoms with Crippen molar-refractivity contribution in [3.05, 3.63) is 39.4 Å². The average molecular weight is 296 g/mol. The number of esters is 1. The van der Waals surface area contributed by atoms with E-state index in [1.165, 1.54) is 11.3 Å². The molecule has 1 aromatic carbocycles. The third-order valence-electron chi connectivity index (χ3n) is 2.68. The van der Waals surface area contributed by atoms with Crippen LogP contribution in [0.1, 0.15) is 27.9 Å². The zero-order chi connectivity index (χ0) is 14.0. The summed E-state index contributed by atoms with van der Waals surface area (Å²) in [5, 5.41) is 1.48. The minimum atomic E-state index is -0.374. The minimum absolute atomic E-state index is 0.349. The van der Waals surface area contributed by atoms with Gasteiger partial charge in [-0.25, -0.2) is 9.78 Å². The molecule has 1 aromatic heterocycles. The van der Waals surface area contributed by atoms with Gasteiger partial charge in [0, 0.05) is 15.5 Å². The second-order valence-electron chi connectivity index (χ2n) is 4.11. The van der Waals surface area contributed by atoms with E-state index in [0.717, 1.165) is 21.0 Å². The molecule has 0 N–H and O–H groups in total. The molecule has 0 radical (unpaired) electrons. The van der Waals surface area contributed by atoms with E-state index in [2.05, 4.69) is 4.98 Å². The Labute approximate surface area is 121 Å². The number of aromatic nitrogens is 1. The predicted octanol–water partition coefficient (Wildman–Crippen LogP) is 4.26. The Bertz CT molecular complexity index is 622. The summed E-state index contributed by atoms with van der Waals surface area (Å²) in [7, 11) is 0. The zero-order valence-corrected chi connectivity index (χ0v) is 12.6. The van der Waals surface area contributed by atoms with Crippen LogP contribution in [0.2, 0.25) is 5.02 Å². The van der Waals surface area contributed by atoms with Gasteiger partial charge >= 0.3 is 5.97 Å². The maximum atomic E-state index is 11.7. The monoisotopic (exact) mass is 295 g/mol. The van der Waals surface area contributed by atoms with Crippen molar-refractivity contribution in [2.75, 3.05) is 6.61 Å².